The molecule has 21 heavy (non-hydrogen) atoms. The maximum atomic E-state index is 13.0. The third-order valence-corrected chi connectivity index (χ3v) is 5.51. The zero-order chi connectivity index (χ0) is 15.5. The molecule has 118 valence electrons. The lowest BCUT2D eigenvalue weighted by Crippen LogP contribution is -2.55. The first-order chi connectivity index (χ1) is 9.89. The van der Waals surface area contributed by atoms with Crippen molar-refractivity contribution in [1.29, 1.82) is 0 Å². The SMILES string of the molecule is CCCNc1cccnc1S(=O)(=O)N1CCOCC1(C)C. The lowest BCUT2D eigenvalue weighted by atomic mass is 10.1. The Hall–Kier alpha value is -1.18. The third-order valence-electron chi connectivity index (χ3n) is 3.44. The van der Waals surface area contributed by atoms with E-state index in [2.05, 4.69) is 10.3 Å². The van der Waals surface area contributed by atoms with Gasteiger partial charge in [-0.1, -0.05) is 6.92 Å². The fraction of sp³-hybridized carbons (Fsp3) is 0.643. The van der Waals surface area contributed by atoms with Gasteiger partial charge in [0.15, 0.2) is 5.03 Å². The molecule has 0 bridgehead atoms. The molecular weight excluding hydrogens is 290 g/mol. The molecule has 7 heteroatoms. The largest absolute Gasteiger partial charge is 0.383 e. The fourth-order valence-electron chi connectivity index (χ4n) is 2.38. The van der Waals surface area contributed by atoms with Crippen LogP contribution < -0.4 is 5.32 Å². The van der Waals surface area contributed by atoms with Crippen LogP contribution in [0.2, 0.25) is 0 Å². The molecule has 0 spiro atoms. The molecule has 0 atom stereocenters. The van der Waals surface area contributed by atoms with E-state index in [9.17, 15) is 8.42 Å². The molecule has 0 unspecified atom stereocenters. The number of rotatable bonds is 5. The van der Waals surface area contributed by atoms with Gasteiger partial charge < -0.3 is 10.1 Å². The standard InChI is InChI=1S/C14H23N3O3S/c1-4-7-15-12-6-5-8-16-13(12)21(18,19)17-9-10-20-11-14(17,2)3/h5-6,8,15H,4,7,9-11H2,1-3H3. The van der Waals surface area contributed by atoms with Crippen LogP contribution in [0.15, 0.2) is 23.4 Å². The monoisotopic (exact) mass is 313 g/mol. The highest BCUT2D eigenvalue weighted by atomic mass is 32.2. The highest BCUT2D eigenvalue weighted by Gasteiger charge is 2.41. The molecule has 0 saturated carbocycles. The van der Waals surface area contributed by atoms with Crippen LogP contribution >= 0.6 is 0 Å². The molecule has 1 aromatic rings. The van der Waals surface area contributed by atoms with E-state index >= 15 is 0 Å². The summed E-state index contributed by atoms with van der Waals surface area (Å²) < 4.78 is 32.8. The summed E-state index contributed by atoms with van der Waals surface area (Å²) >= 11 is 0. The first-order valence-corrected chi connectivity index (χ1v) is 8.63. The molecule has 1 fully saturated rings. The number of ether oxygens (including phenoxy) is 1. The fourth-order valence-corrected chi connectivity index (χ4v) is 4.22. The molecule has 1 N–H and O–H groups in total. The zero-order valence-electron chi connectivity index (χ0n) is 12.8. The van der Waals surface area contributed by atoms with E-state index < -0.39 is 15.6 Å². The summed E-state index contributed by atoms with van der Waals surface area (Å²) in [6, 6.07) is 3.49. The average Bonchev–Trinajstić information content (AvgIpc) is 2.44. The van der Waals surface area contributed by atoms with Gasteiger partial charge in [-0.05, 0) is 32.4 Å². The highest BCUT2D eigenvalue weighted by Crippen LogP contribution is 2.29. The van der Waals surface area contributed by atoms with Crippen LogP contribution in [0.5, 0.6) is 0 Å². The van der Waals surface area contributed by atoms with Gasteiger partial charge in [0, 0.05) is 19.3 Å². The smallest absolute Gasteiger partial charge is 0.263 e. The summed E-state index contributed by atoms with van der Waals surface area (Å²) in [5.41, 5.74) is -0.0157. The summed E-state index contributed by atoms with van der Waals surface area (Å²) in [6.45, 7) is 7.62. The van der Waals surface area contributed by atoms with Crippen molar-refractivity contribution in [3.05, 3.63) is 18.3 Å². The number of pyridine rings is 1. The number of morpholine rings is 1. The Bertz CT molecular complexity index is 587. The number of sulfonamides is 1. The van der Waals surface area contributed by atoms with E-state index in [-0.39, 0.29) is 5.03 Å². The number of anilines is 1. The summed E-state index contributed by atoms with van der Waals surface area (Å²) in [5, 5.41) is 3.23. The second-order valence-electron chi connectivity index (χ2n) is 5.73. The quantitative estimate of drug-likeness (QED) is 0.896. The van der Waals surface area contributed by atoms with Gasteiger partial charge >= 0.3 is 0 Å². The molecule has 1 saturated heterocycles. The van der Waals surface area contributed by atoms with Crippen molar-refractivity contribution < 1.29 is 13.2 Å². The van der Waals surface area contributed by atoms with E-state index in [1.54, 1.807) is 12.1 Å². The normalized spacial score (nSPS) is 19.4. The minimum atomic E-state index is -3.65. The van der Waals surface area contributed by atoms with Crippen LogP contribution in [0.3, 0.4) is 0 Å². The van der Waals surface area contributed by atoms with Crippen molar-refractivity contribution in [1.82, 2.24) is 9.29 Å². The maximum Gasteiger partial charge on any atom is 0.263 e. The highest BCUT2D eigenvalue weighted by molar-refractivity contribution is 7.89. The van der Waals surface area contributed by atoms with Crippen molar-refractivity contribution in [2.45, 2.75) is 37.8 Å². The molecule has 1 aliphatic heterocycles. The van der Waals surface area contributed by atoms with E-state index in [0.29, 0.717) is 32.0 Å². The van der Waals surface area contributed by atoms with Crippen LogP contribution in [-0.2, 0) is 14.8 Å². The van der Waals surface area contributed by atoms with Gasteiger partial charge in [0.1, 0.15) is 0 Å². The second kappa shape index (κ2) is 6.29. The molecule has 0 amide bonds. The van der Waals surface area contributed by atoms with E-state index in [0.717, 1.165) is 6.42 Å². The van der Waals surface area contributed by atoms with Crippen LogP contribution in [-0.4, -0.2) is 49.5 Å². The van der Waals surface area contributed by atoms with Crippen LogP contribution in [0.4, 0.5) is 5.69 Å². The average molecular weight is 313 g/mol. The van der Waals surface area contributed by atoms with Crippen molar-refractivity contribution in [2.75, 3.05) is 31.6 Å². The molecule has 0 aromatic carbocycles. The van der Waals surface area contributed by atoms with E-state index in [4.69, 9.17) is 4.74 Å². The van der Waals surface area contributed by atoms with E-state index in [1.807, 2.05) is 20.8 Å². The number of nitrogens with one attached hydrogen (secondary N) is 1. The summed E-state index contributed by atoms with van der Waals surface area (Å²) in [6.07, 6.45) is 2.43. The van der Waals surface area contributed by atoms with Gasteiger partial charge in [0.2, 0.25) is 0 Å². The lowest BCUT2D eigenvalue weighted by molar-refractivity contribution is -0.00780. The predicted octanol–water partition coefficient (Wildman–Crippen LogP) is 1.70. The van der Waals surface area contributed by atoms with Crippen molar-refractivity contribution in [3.8, 4) is 0 Å². The minimum absolute atomic E-state index is 0.0911. The van der Waals surface area contributed by atoms with Gasteiger partial charge in [0.25, 0.3) is 10.0 Å². The Kier molecular flexibility index (Phi) is 4.85. The van der Waals surface area contributed by atoms with Gasteiger partial charge in [-0.3, -0.25) is 0 Å². The van der Waals surface area contributed by atoms with E-state index in [1.165, 1.54) is 10.5 Å². The Morgan fingerprint density at radius 3 is 2.90 bits per heavy atom. The number of aromatic nitrogens is 1. The number of hydrogen-bond donors (Lipinski definition) is 1. The molecule has 2 heterocycles. The van der Waals surface area contributed by atoms with Gasteiger partial charge in [-0.25, -0.2) is 13.4 Å². The predicted molar refractivity (Wildman–Crippen MR) is 81.8 cm³/mol. The summed E-state index contributed by atoms with van der Waals surface area (Å²) in [4.78, 5) is 4.11. The van der Waals surface area contributed by atoms with Gasteiger partial charge in [0.05, 0.1) is 24.4 Å². The van der Waals surface area contributed by atoms with Gasteiger partial charge in [-0.2, -0.15) is 4.31 Å². The molecule has 1 aliphatic rings. The molecule has 2 rings (SSSR count). The second-order valence-corrected chi connectivity index (χ2v) is 7.50. The minimum Gasteiger partial charge on any atom is -0.383 e. The third kappa shape index (κ3) is 3.36. The first kappa shape index (κ1) is 16.2. The Morgan fingerprint density at radius 2 is 2.24 bits per heavy atom. The topological polar surface area (TPSA) is 71.5 Å². The Balaban J connectivity index is 2.39. The lowest BCUT2D eigenvalue weighted by Gasteiger charge is -2.40. The van der Waals surface area contributed by atoms with Crippen LogP contribution in [0.1, 0.15) is 27.2 Å². The molecule has 0 radical (unpaired) electrons. The molecule has 6 nitrogen and oxygen atoms in total. The Labute approximate surface area is 126 Å². The van der Waals surface area contributed by atoms with Crippen molar-refractivity contribution >= 4 is 15.7 Å². The number of nitrogens with zero attached hydrogens (tertiary/aromatic N) is 2. The van der Waals surface area contributed by atoms with Crippen molar-refractivity contribution in [3.63, 3.8) is 0 Å². The van der Waals surface area contributed by atoms with Crippen molar-refractivity contribution in [2.24, 2.45) is 0 Å². The molecule has 0 aliphatic carbocycles. The molecule has 1 aromatic heterocycles. The summed E-state index contributed by atoms with van der Waals surface area (Å²) in [7, 11) is -3.65. The summed E-state index contributed by atoms with van der Waals surface area (Å²) in [5.74, 6) is 0. The van der Waals surface area contributed by atoms with Gasteiger partial charge in [-0.15, -0.1) is 0 Å². The Morgan fingerprint density at radius 1 is 1.48 bits per heavy atom. The number of hydrogen-bond acceptors (Lipinski definition) is 5. The van der Waals surface area contributed by atoms with Crippen LogP contribution in [0.25, 0.3) is 0 Å². The van der Waals surface area contributed by atoms with Crippen LogP contribution in [0, 0.1) is 0 Å². The first-order valence-electron chi connectivity index (χ1n) is 7.19. The maximum absolute atomic E-state index is 13.0. The molecular formula is C14H23N3O3S. The zero-order valence-corrected chi connectivity index (χ0v) is 13.6.